The van der Waals surface area contributed by atoms with Gasteiger partial charge in [-0.2, -0.15) is 0 Å². The van der Waals surface area contributed by atoms with Crippen molar-refractivity contribution in [1.29, 1.82) is 0 Å². The zero-order valence-corrected chi connectivity index (χ0v) is 14.9. The van der Waals surface area contributed by atoms with E-state index >= 15 is 0 Å². The van der Waals surface area contributed by atoms with Crippen LogP contribution in [-0.2, 0) is 6.42 Å². The summed E-state index contributed by atoms with van der Waals surface area (Å²) in [5, 5.41) is 0. The first-order valence-electron chi connectivity index (χ1n) is 8.07. The molecule has 0 heterocycles. The number of hydrogen-bond donors (Lipinski definition) is 1. The zero-order chi connectivity index (χ0) is 15.9. The van der Waals surface area contributed by atoms with Crippen molar-refractivity contribution in [2.24, 2.45) is 5.73 Å². The van der Waals surface area contributed by atoms with E-state index in [9.17, 15) is 0 Å². The molecular weight excluding hydrogens is 274 g/mol. The maximum atomic E-state index is 5.56. The number of hydrogen-bond acceptors (Lipinski definition) is 2. The van der Waals surface area contributed by atoms with Gasteiger partial charge in [0.15, 0.2) is 0 Å². The molecular formula is C19H31NS. The van der Waals surface area contributed by atoms with Crippen LogP contribution < -0.4 is 5.73 Å². The van der Waals surface area contributed by atoms with E-state index in [0.717, 1.165) is 31.6 Å². The molecule has 1 rings (SSSR count). The molecule has 1 nitrogen and oxygen atoms in total. The van der Waals surface area contributed by atoms with E-state index in [1.807, 2.05) is 25.6 Å². The van der Waals surface area contributed by atoms with Gasteiger partial charge in [-0.25, -0.2) is 0 Å². The first-order valence-corrected chi connectivity index (χ1v) is 9.06. The highest BCUT2D eigenvalue weighted by Crippen LogP contribution is 2.22. The molecule has 2 N–H and O–H groups in total. The van der Waals surface area contributed by atoms with Crippen LogP contribution in [0.1, 0.15) is 46.1 Å². The van der Waals surface area contributed by atoms with E-state index in [4.69, 9.17) is 5.73 Å². The molecule has 0 fully saturated rings. The van der Waals surface area contributed by atoms with Gasteiger partial charge in [0.1, 0.15) is 0 Å². The molecule has 0 aliphatic heterocycles. The lowest BCUT2D eigenvalue weighted by Crippen LogP contribution is -2.02. The maximum Gasteiger partial charge on any atom is 0.0228 e. The van der Waals surface area contributed by atoms with Crippen LogP contribution in [0.2, 0.25) is 0 Å². The van der Waals surface area contributed by atoms with Gasteiger partial charge in [-0.05, 0) is 49.1 Å². The summed E-state index contributed by atoms with van der Waals surface area (Å²) in [6.07, 6.45) is 9.94. The fraction of sp³-hybridized carbons (Fsp3) is 0.474. The van der Waals surface area contributed by atoms with E-state index in [2.05, 4.69) is 56.3 Å². The Bertz CT molecular complexity index is 404. The van der Waals surface area contributed by atoms with E-state index in [-0.39, 0.29) is 0 Å². The molecule has 0 saturated heterocycles. The van der Waals surface area contributed by atoms with E-state index in [1.54, 1.807) is 0 Å². The van der Waals surface area contributed by atoms with E-state index in [1.165, 1.54) is 16.0 Å². The Balaban J connectivity index is 0.00000191. The fourth-order valence-corrected chi connectivity index (χ4v) is 2.67. The third-order valence-electron chi connectivity index (χ3n) is 2.80. The Morgan fingerprint density at radius 1 is 1.10 bits per heavy atom. The second-order valence-corrected chi connectivity index (χ2v) is 5.52. The van der Waals surface area contributed by atoms with Crippen molar-refractivity contribution in [2.75, 3.05) is 12.3 Å². The van der Waals surface area contributed by atoms with Gasteiger partial charge in [0.25, 0.3) is 0 Å². The van der Waals surface area contributed by atoms with Crippen molar-refractivity contribution in [2.45, 2.75) is 51.9 Å². The summed E-state index contributed by atoms with van der Waals surface area (Å²) in [6.45, 7) is 9.08. The Morgan fingerprint density at radius 3 is 2.29 bits per heavy atom. The number of thioether (sulfide) groups is 1. The van der Waals surface area contributed by atoms with Crippen LogP contribution in [0.5, 0.6) is 0 Å². The Morgan fingerprint density at radius 2 is 1.76 bits per heavy atom. The fourth-order valence-electron chi connectivity index (χ4n) is 1.79. The molecule has 118 valence electrons. The van der Waals surface area contributed by atoms with Gasteiger partial charge in [-0.1, -0.05) is 58.1 Å². The molecule has 1 aromatic rings. The van der Waals surface area contributed by atoms with Crippen LogP contribution in [0.4, 0.5) is 0 Å². The van der Waals surface area contributed by atoms with Gasteiger partial charge < -0.3 is 5.73 Å². The maximum absolute atomic E-state index is 5.56. The topological polar surface area (TPSA) is 26.0 Å². The standard InChI is InChI=1S/C17H25NS.C2H6/c1-3-5-7-16(6-4-2)14-19-17-10-8-15(9-11-17)12-13-18;1-2/h5-11H,3-4,12-14,18H2,1-2H3;1-2H3/b7-5-,16-6+;. The minimum atomic E-state index is 0.720. The smallest absolute Gasteiger partial charge is 0.0228 e. The van der Waals surface area contributed by atoms with Crippen molar-refractivity contribution in [3.8, 4) is 0 Å². The van der Waals surface area contributed by atoms with Crippen molar-refractivity contribution < 1.29 is 0 Å². The summed E-state index contributed by atoms with van der Waals surface area (Å²) >= 11 is 1.89. The Kier molecular flexibility index (Phi) is 13.3. The van der Waals surface area contributed by atoms with Gasteiger partial charge >= 0.3 is 0 Å². The lowest BCUT2D eigenvalue weighted by atomic mass is 10.2. The summed E-state index contributed by atoms with van der Waals surface area (Å²) in [5.74, 6) is 1.04. The molecule has 1 aromatic carbocycles. The lowest BCUT2D eigenvalue weighted by Gasteiger charge is -2.05. The third kappa shape index (κ3) is 9.54. The van der Waals surface area contributed by atoms with Crippen LogP contribution in [0.25, 0.3) is 0 Å². The largest absolute Gasteiger partial charge is 0.330 e. The summed E-state index contributed by atoms with van der Waals surface area (Å²) < 4.78 is 0. The highest BCUT2D eigenvalue weighted by atomic mass is 32.2. The SMILES string of the molecule is CC.CC/C=C\C(=C/CC)CSc1ccc(CCN)cc1. The second-order valence-electron chi connectivity index (χ2n) is 4.47. The first kappa shape index (κ1) is 20.0. The van der Waals surface area contributed by atoms with Gasteiger partial charge in [-0.3, -0.25) is 0 Å². The molecule has 2 heteroatoms. The number of allylic oxidation sites excluding steroid dienone is 3. The molecule has 0 saturated carbocycles. The third-order valence-corrected chi connectivity index (χ3v) is 3.88. The minimum absolute atomic E-state index is 0.720. The second kappa shape index (κ2) is 14.0. The van der Waals surface area contributed by atoms with Crippen LogP contribution in [0.3, 0.4) is 0 Å². The first-order chi connectivity index (χ1) is 10.3. The van der Waals surface area contributed by atoms with Crippen LogP contribution in [0, 0.1) is 0 Å². The van der Waals surface area contributed by atoms with Crippen molar-refractivity contribution in [1.82, 2.24) is 0 Å². The molecule has 0 atom stereocenters. The number of nitrogens with two attached hydrogens (primary N) is 1. The Hall–Kier alpha value is -0.990. The monoisotopic (exact) mass is 305 g/mol. The van der Waals surface area contributed by atoms with Crippen LogP contribution >= 0.6 is 11.8 Å². The molecule has 0 unspecified atom stereocenters. The quantitative estimate of drug-likeness (QED) is 0.499. The normalized spacial score (nSPS) is 11.4. The molecule has 0 aliphatic rings. The van der Waals surface area contributed by atoms with Gasteiger partial charge in [0.2, 0.25) is 0 Å². The average molecular weight is 306 g/mol. The van der Waals surface area contributed by atoms with Gasteiger partial charge in [-0.15, -0.1) is 11.8 Å². The highest BCUT2D eigenvalue weighted by Gasteiger charge is 1.97. The summed E-state index contributed by atoms with van der Waals surface area (Å²) in [6, 6.07) is 8.76. The predicted octanol–water partition coefficient (Wildman–Crippen LogP) is 5.61. The van der Waals surface area contributed by atoms with Crippen molar-refractivity contribution >= 4 is 11.8 Å². The molecule has 0 spiro atoms. The molecule has 0 radical (unpaired) electrons. The number of benzene rings is 1. The summed E-state index contributed by atoms with van der Waals surface area (Å²) in [5.41, 5.74) is 8.29. The summed E-state index contributed by atoms with van der Waals surface area (Å²) in [4.78, 5) is 1.33. The van der Waals surface area contributed by atoms with Crippen molar-refractivity contribution in [3.05, 3.63) is 53.6 Å². The molecule has 0 aliphatic carbocycles. The highest BCUT2D eigenvalue weighted by molar-refractivity contribution is 7.99. The predicted molar refractivity (Wildman–Crippen MR) is 99.1 cm³/mol. The van der Waals surface area contributed by atoms with Crippen LogP contribution in [-0.4, -0.2) is 12.3 Å². The van der Waals surface area contributed by atoms with Crippen molar-refractivity contribution in [3.63, 3.8) is 0 Å². The van der Waals surface area contributed by atoms with Gasteiger partial charge in [0, 0.05) is 10.6 Å². The Labute approximate surface area is 135 Å². The average Bonchev–Trinajstić information content (AvgIpc) is 2.54. The van der Waals surface area contributed by atoms with Crippen LogP contribution in [0.15, 0.2) is 53.0 Å². The molecule has 0 bridgehead atoms. The van der Waals surface area contributed by atoms with E-state index < -0.39 is 0 Å². The molecule has 0 amide bonds. The van der Waals surface area contributed by atoms with E-state index in [0.29, 0.717) is 0 Å². The summed E-state index contributed by atoms with van der Waals surface area (Å²) in [7, 11) is 0. The van der Waals surface area contributed by atoms with Gasteiger partial charge in [0.05, 0.1) is 0 Å². The minimum Gasteiger partial charge on any atom is -0.330 e. The lowest BCUT2D eigenvalue weighted by molar-refractivity contribution is 0.966. The number of rotatable bonds is 8. The zero-order valence-electron chi connectivity index (χ0n) is 14.1. The molecule has 0 aromatic heterocycles. The molecule has 21 heavy (non-hydrogen) atoms.